The van der Waals surface area contributed by atoms with Gasteiger partial charge < -0.3 is 4.74 Å². The molecule has 0 aliphatic carbocycles. The van der Waals surface area contributed by atoms with Crippen molar-refractivity contribution in [2.75, 3.05) is 6.61 Å². The van der Waals surface area contributed by atoms with E-state index in [1.54, 1.807) is 6.07 Å². The number of rotatable bonds is 5. The molecule has 5 heteroatoms. The Morgan fingerprint density at radius 2 is 2.27 bits per heavy atom. The molecule has 0 saturated carbocycles. The van der Waals surface area contributed by atoms with E-state index < -0.39 is 4.92 Å². The lowest BCUT2D eigenvalue weighted by molar-refractivity contribution is -0.385. The van der Waals surface area contributed by atoms with E-state index in [1.165, 1.54) is 12.1 Å². The SMILES string of the molecule is CCc1ccc(OCC=O)c([N+](=O)[O-])c1. The largest absolute Gasteiger partial charge is 0.479 e. The number of aryl methyl sites for hydroxylation is 1. The van der Waals surface area contributed by atoms with Crippen molar-refractivity contribution < 1.29 is 14.5 Å². The zero-order chi connectivity index (χ0) is 11.3. The Balaban J connectivity index is 3.03. The first kappa shape index (κ1) is 11.2. The molecule has 1 aromatic rings. The van der Waals surface area contributed by atoms with Gasteiger partial charge in [-0.2, -0.15) is 0 Å². The number of carbonyl (C=O) groups is 1. The molecule has 0 aromatic heterocycles. The summed E-state index contributed by atoms with van der Waals surface area (Å²) in [6, 6.07) is 4.72. The average molecular weight is 209 g/mol. The number of nitrogens with zero attached hydrogens (tertiary/aromatic N) is 1. The van der Waals surface area contributed by atoms with Crippen LogP contribution in [0, 0.1) is 10.1 Å². The highest BCUT2D eigenvalue weighted by Gasteiger charge is 2.15. The highest BCUT2D eigenvalue weighted by atomic mass is 16.6. The van der Waals surface area contributed by atoms with Crippen LogP contribution >= 0.6 is 0 Å². The number of nitro groups is 1. The number of ether oxygens (including phenoxy) is 1. The highest BCUT2D eigenvalue weighted by molar-refractivity contribution is 5.54. The normalized spacial score (nSPS) is 9.67. The van der Waals surface area contributed by atoms with Crippen LogP contribution in [0.1, 0.15) is 12.5 Å². The van der Waals surface area contributed by atoms with Gasteiger partial charge in [0.05, 0.1) is 4.92 Å². The summed E-state index contributed by atoms with van der Waals surface area (Å²) in [5.41, 5.74) is 0.761. The molecule has 0 bridgehead atoms. The molecule has 0 fully saturated rings. The number of benzene rings is 1. The van der Waals surface area contributed by atoms with Crippen LogP contribution in [0.15, 0.2) is 18.2 Å². The molecule has 0 spiro atoms. The summed E-state index contributed by atoms with van der Waals surface area (Å²) in [6.07, 6.45) is 1.27. The van der Waals surface area contributed by atoms with Crippen molar-refractivity contribution in [2.24, 2.45) is 0 Å². The second-order valence-electron chi connectivity index (χ2n) is 2.89. The molecule has 0 saturated heterocycles. The molecule has 0 aliphatic rings. The summed E-state index contributed by atoms with van der Waals surface area (Å²) in [6.45, 7) is 1.73. The van der Waals surface area contributed by atoms with Crippen molar-refractivity contribution in [1.29, 1.82) is 0 Å². The maximum Gasteiger partial charge on any atom is 0.311 e. The smallest absolute Gasteiger partial charge is 0.311 e. The second kappa shape index (κ2) is 5.09. The van der Waals surface area contributed by atoms with Crippen LogP contribution in [0.4, 0.5) is 5.69 Å². The summed E-state index contributed by atoms with van der Waals surface area (Å²) in [7, 11) is 0. The lowest BCUT2D eigenvalue weighted by Crippen LogP contribution is -2.01. The second-order valence-corrected chi connectivity index (χ2v) is 2.89. The van der Waals surface area contributed by atoms with Crippen LogP contribution in [0.25, 0.3) is 0 Å². The van der Waals surface area contributed by atoms with Gasteiger partial charge in [-0.15, -0.1) is 0 Å². The van der Waals surface area contributed by atoms with Gasteiger partial charge in [0.2, 0.25) is 0 Å². The van der Waals surface area contributed by atoms with Gasteiger partial charge in [0.25, 0.3) is 0 Å². The molecular weight excluding hydrogens is 198 g/mol. The van der Waals surface area contributed by atoms with Gasteiger partial charge in [-0.05, 0) is 18.1 Å². The Hall–Kier alpha value is -1.91. The number of nitro benzene ring substituents is 1. The first-order chi connectivity index (χ1) is 7.19. The standard InChI is InChI=1S/C10H11NO4/c1-2-8-3-4-10(15-6-5-12)9(7-8)11(13)14/h3-5,7H,2,6H2,1H3. The third-order valence-corrected chi connectivity index (χ3v) is 1.94. The van der Waals surface area contributed by atoms with Crippen molar-refractivity contribution in [1.82, 2.24) is 0 Å². The molecule has 1 rings (SSSR count). The maximum atomic E-state index is 10.7. The first-order valence-electron chi connectivity index (χ1n) is 4.52. The van der Waals surface area contributed by atoms with E-state index in [0.717, 1.165) is 12.0 Å². The maximum absolute atomic E-state index is 10.7. The van der Waals surface area contributed by atoms with Crippen LogP contribution in [0.3, 0.4) is 0 Å². The Morgan fingerprint density at radius 3 is 2.80 bits per heavy atom. The van der Waals surface area contributed by atoms with Gasteiger partial charge in [0, 0.05) is 6.07 Å². The van der Waals surface area contributed by atoms with Gasteiger partial charge in [-0.1, -0.05) is 13.0 Å². The van der Waals surface area contributed by atoms with E-state index in [9.17, 15) is 14.9 Å². The quantitative estimate of drug-likeness (QED) is 0.420. The molecule has 1 aromatic carbocycles. The molecule has 15 heavy (non-hydrogen) atoms. The minimum absolute atomic E-state index is 0.101. The van der Waals surface area contributed by atoms with E-state index in [2.05, 4.69) is 0 Å². The molecule has 0 heterocycles. The molecule has 0 unspecified atom stereocenters. The molecule has 0 aliphatic heterocycles. The van der Waals surface area contributed by atoms with Crippen LogP contribution in [-0.2, 0) is 11.2 Å². The summed E-state index contributed by atoms with van der Waals surface area (Å²) in [4.78, 5) is 20.3. The predicted octanol–water partition coefficient (Wildman–Crippen LogP) is 1.73. The molecule has 0 N–H and O–H groups in total. The topological polar surface area (TPSA) is 69.4 Å². The van der Waals surface area contributed by atoms with Crippen molar-refractivity contribution in [3.8, 4) is 5.75 Å². The summed E-state index contributed by atoms with van der Waals surface area (Å²) < 4.78 is 4.94. The van der Waals surface area contributed by atoms with Gasteiger partial charge >= 0.3 is 5.69 Å². The van der Waals surface area contributed by atoms with Crippen molar-refractivity contribution in [3.05, 3.63) is 33.9 Å². The van der Waals surface area contributed by atoms with Crippen LogP contribution in [-0.4, -0.2) is 17.8 Å². The Labute approximate surface area is 86.8 Å². The summed E-state index contributed by atoms with van der Waals surface area (Å²) in [5.74, 6) is 0.129. The van der Waals surface area contributed by atoms with E-state index in [1.807, 2.05) is 6.92 Å². The number of carbonyl (C=O) groups excluding carboxylic acids is 1. The van der Waals surface area contributed by atoms with Gasteiger partial charge in [-0.3, -0.25) is 14.9 Å². The molecule has 5 nitrogen and oxygen atoms in total. The third-order valence-electron chi connectivity index (χ3n) is 1.94. The predicted molar refractivity (Wildman–Crippen MR) is 54.0 cm³/mol. The van der Waals surface area contributed by atoms with Crippen LogP contribution < -0.4 is 4.74 Å². The molecule has 0 atom stereocenters. The minimum atomic E-state index is -0.515. The van der Waals surface area contributed by atoms with E-state index in [0.29, 0.717) is 6.29 Å². The lowest BCUT2D eigenvalue weighted by Gasteiger charge is -2.04. The molecule has 0 amide bonds. The number of aldehydes is 1. The zero-order valence-electron chi connectivity index (χ0n) is 8.30. The Bertz CT molecular complexity index is 376. The van der Waals surface area contributed by atoms with E-state index in [4.69, 9.17) is 4.74 Å². The van der Waals surface area contributed by atoms with E-state index >= 15 is 0 Å². The molecule has 80 valence electrons. The monoisotopic (exact) mass is 209 g/mol. The summed E-state index contributed by atoms with van der Waals surface area (Å²) in [5, 5.41) is 10.7. The summed E-state index contributed by atoms with van der Waals surface area (Å²) >= 11 is 0. The molecule has 0 radical (unpaired) electrons. The fraction of sp³-hybridized carbons (Fsp3) is 0.300. The fourth-order valence-corrected chi connectivity index (χ4v) is 1.17. The van der Waals surface area contributed by atoms with Crippen molar-refractivity contribution in [2.45, 2.75) is 13.3 Å². The highest BCUT2D eigenvalue weighted by Crippen LogP contribution is 2.27. The fourth-order valence-electron chi connectivity index (χ4n) is 1.17. The minimum Gasteiger partial charge on any atom is -0.479 e. The lowest BCUT2D eigenvalue weighted by atomic mass is 10.1. The number of hydrogen-bond acceptors (Lipinski definition) is 4. The Morgan fingerprint density at radius 1 is 1.53 bits per heavy atom. The zero-order valence-corrected chi connectivity index (χ0v) is 8.30. The first-order valence-corrected chi connectivity index (χ1v) is 4.52. The van der Waals surface area contributed by atoms with Crippen molar-refractivity contribution >= 4 is 12.0 Å². The van der Waals surface area contributed by atoms with Crippen LogP contribution in [0.5, 0.6) is 5.75 Å². The average Bonchev–Trinajstić information content (AvgIpc) is 2.26. The van der Waals surface area contributed by atoms with Crippen molar-refractivity contribution in [3.63, 3.8) is 0 Å². The van der Waals surface area contributed by atoms with Crippen LogP contribution in [0.2, 0.25) is 0 Å². The van der Waals surface area contributed by atoms with Gasteiger partial charge in [-0.25, -0.2) is 0 Å². The third kappa shape index (κ3) is 2.77. The molecular formula is C10H11NO4. The van der Waals surface area contributed by atoms with E-state index in [-0.39, 0.29) is 18.0 Å². The Kier molecular flexibility index (Phi) is 3.79. The van der Waals surface area contributed by atoms with Gasteiger partial charge in [0.15, 0.2) is 12.0 Å². The van der Waals surface area contributed by atoms with Gasteiger partial charge in [0.1, 0.15) is 6.61 Å². The number of hydrogen-bond donors (Lipinski definition) is 0.